The molecule has 0 amide bonds. The molecule has 0 fully saturated rings. The van der Waals surface area contributed by atoms with Gasteiger partial charge in [0.15, 0.2) is 5.45 Å². The van der Waals surface area contributed by atoms with E-state index in [9.17, 15) is 14.7 Å². The number of oxime groups is 1. The number of hydrogen-bond donors (Lipinski definition) is 1. The van der Waals surface area contributed by atoms with E-state index >= 15 is 0 Å². The van der Waals surface area contributed by atoms with Gasteiger partial charge in [0.1, 0.15) is 6.16 Å². The minimum atomic E-state index is -3.34. The molecule has 1 aliphatic rings. The van der Waals surface area contributed by atoms with E-state index in [1.807, 2.05) is 0 Å². The molecule has 7 nitrogen and oxygen atoms in total. The van der Waals surface area contributed by atoms with Crippen molar-refractivity contribution in [3.05, 3.63) is 21.4 Å². The third kappa shape index (κ3) is 1.44. The van der Waals surface area contributed by atoms with Gasteiger partial charge in [0.25, 0.3) is 13.1 Å². The zero-order valence-corrected chi connectivity index (χ0v) is 8.52. The molecule has 0 aromatic rings. The van der Waals surface area contributed by atoms with Gasteiger partial charge in [-0.3, -0.25) is 14.7 Å². The molecule has 14 heavy (non-hydrogen) atoms. The first kappa shape index (κ1) is 10.9. The van der Waals surface area contributed by atoms with Gasteiger partial charge >= 0.3 is 0 Å². The number of nitro groups is 1. The van der Waals surface area contributed by atoms with Crippen molar-refractivity contribution < 1.29 is 19.2 Å². The topological polar surface area (TPSA) is 102 Å². The maximum absolute atomic E-state index is 11.8. The van der Waals surface area contributed by atoms with Gasteiger partial charge in [0.05, 0.1) is 10.5 Å². The van der Waals surface area contributed by atoms with Crippen LogP contribution in [0.3, 0.4) is 0 Å². The molecule has 0 aromatic heterocycles. The summed E-state index contributed by atoms with van der Waals surface area (Å²) in [6.07, 6.45) is -0.318. The van der Waals surface area contributed by atoms with Crippen LogP contribution >= 0.6 is 7.37 Å². The van der Waals surface area contributed by atoms with Gasteiger partial charge in [-0.2, -0.15) is 0 Å². The van der Waals surface area contributed by atoms with E-state index < -0.39 is 12.3 Å². The Labute approximate surface area is 79.7 Å². The van der Waals surface area contributed by atoms with Gasteiger partial charge < -0.3 is 9.73 Å². The predicted octanol–water partition coefficient (Wildman–Crippen LogP) is 1.26. The quantitative estimate of drug-likeness (QED) is 0.326. The minimum Gasteiger partial charge on any atom is -0.410 e. The average Bonchev–Trinajstić information content (AvgIpc) is 2.39. The van der Waals surface area contributed by atoms with E-state index in [-0.39, 0.29) is 22.9 Å². The molecular formula is C6H9N2O5P. The number of allylic oxidation sites excluding steroid dienone is 2. The first-order chi connectivity index (χ1) is 6.46. The lowest BCUT2D eigenvalue weighted by Gasteiger charge is -2.07. The highest BCUT2D eigenvalue weighted by Crippen LogP contribution is 2.56. The van der Waals surface area contributed by atoms with Crippen molar-refractivity contribution in [3.8, 4) is 0 Å². The summed E-state index contributed by atoms with van der Waals surface area (Å²) in [5.74, 6) is 0. The van der Waals surface area contributed by atoms with Crippen molar-refractivity contribution in [2.45, 2.75) is 6.92 Å². The van der Waals surface area contributed by atoms with Crippen LogP contribution in [0.25, 0.3) is 0 Å². The molecule has 0 radical (unpaired) electrons. The third-order valence-electron chi connectivity index (χ3n) is 2.06. The molecule has 0 aliphatic carbocycles. The predicted molar refractivity (Wildman–Crippen MR) is 48.4 cm³/mol. The molecule has 0 bridgehead atoms. The second-order valence-corrected chi connectivity index (χ2v) is 5.22. The van der Waals surface area contributed by atoms with Crippen molar-refractivity contribution in [2.75, 3.05) is 13.3 Å². The Morgan fingerprint density at radius 2 is 2.29 bits per heavy atom. The second-order valence-electron chi connectivity index (χ2n) is 2.77. The van der Waals surface area contributed by atoms with E-state index in [4.69, 9.17) is 5.21 Å². The number of hydrogen-bond acceptors (Lipinski definition) is 6. The van der Waals surface area contributed by atoms with Gasteiger partial charge in [-0.05, 0) is 6.92 Å². The molecule has 0 aromatic carbocycles. The highest BCUT2D eigenvalue weighted by atomic mass is 31.2. The monoisotopic (exact) mass is 220 g/mol. The molecule has 78 valence electrons. The van der Waals surface area contributed by atoms with Crippen LogP contribution < -0.4 is 0 Å². The van der Waals surface area contributed by atoms with Crippen LogP contribution in [0.15, 0.2) is 16.4 Å². The Kier molecular flexibility index (Phi) is 2.73. The van der Waals surface area contributed by atoms with E-state index in [1.54, 1.807) is 0 Å². The largest absolute Gasteiger partial charge is 0.410 e. The van der Waals surface area contributed by atoms with Crippen molar-refractivity contribution in [1.29, 1.82) is 0 Å². The summed E-state index contributed by atoms with van der Waals surface area (Å²) >= 11 is 0. The van der Waals surface area contributed by atoms with Gasteiger partial charge in [-0.15, -0.1) is 0 Å². The molecule has 1 rings (SSSR count). The molecule has 0 saturated carbocycles. The van der Waals surface area contributed by atoms with E-state index in [2.05, 4.69) is 9.68 Å². The van der Waals surface area contributed by atoms with Gasteiger partial charge in [0.2, 0.25) is 0 Å². The third-order valence-corrected chi connectivity index (χ3v) is 4.43. The Morgan fingerprint density at radius 3 is 2.57 bits per heavy atom. The Bertz CT molecular complexity index is 386. The lowest BCUT2D eigenvalue weighted by Crippen LogP contribution is -2.00. The molecular weight excluding hydrogens is 211 g/mol. The van der Waals surface area contributed by atoms with Crippen LogP contribution in [0.5, 0.6) is 0 Å². The molecule has 8 heteroatoms. The normalized spacial score (nSPS) is 30.0. The first-order valence-corrected chi connectivity index (χ1v) is 5.49. The zero-order valence-electron chi connectivity index (χ0n) is 7.63. The van der Waals surface area contributed by atoms with Gasteiger partial charge in [-0.25, -0.2) is 0 Å². The van der Waals surface area contributed by atoms with Crippen LogP contribution in [0.1, 0.15) is 6.92 Å². The number of nitrogens with zero attached hydrogens (tertiary/aromatic N) is 2. The van der Waals surface area contributed by atoms with Crippen molar-refractivity contribution in [3.63, 3.8) is 0 Å². The SMILES string of the molecule is CO[P@]1(=O)CC([N+](=O)[O-])=C(C)/C1=N/O. The van der Waals surface area contributed by atoms with Crippen LogP contribution in [0.4, 0.5) is 0 Å². The van der Waals surface area contributed by atoms with Gasteiger partial charge in [0, 0.05) is 7.11 Å². The summed E-state index contributed by atoms with van der Waals surface area (Å²) in [6.45, 7) is 1.38. The Hall–Kier alpha value is -1.20. The maximum Gasteiger partial charge on any atom is 0.264 e. The Morgan fingerprint density at radius 1 is 1.71 bits per heavy atom. The summed E-state index contributed by atoms with van der Waals surface area (Å²) in [4.78, 5) is 9.87. The molecule has 0 spiro atoms. The maximum atomic E-state index is 11.8. The molecule has 1 aliphatic heterocycles. The zero-order chi connectivity index (χ0) is 10.9. The van der Waals surface area contributed by atoms with Crippen molar-refractivity contribution in [2.24, 2.45) is 5.16 Å². The van der Waals surface area contributed by atoms with E-state index in [0.717, 1.165) is 0 Å². The van der Waals surface area contributed by atoms with E-state index in [0.29, 0.717) is 0 Å². The molecule has 0 saturated heterocycles. The van der Waals surface area contributed by atoms with Crippen LogP contribution in [-0.2, 0) is 9.09 Å². The standard InChI is InChI=1S/C6H9N2O5P/c1-4-5(8(10)11)3-14(12,13-2)6(4)7-9/h9H,3H2,1-2H3/b7-6-/t14-/m1/s1. The second kappa shape index (κ2) is 3.51. The summed E-state index contributed by atoms with van der Waals surface area (Å²) in [5.41, 5.74) is -0.322. The first-order valence-electron chi connectivity index (χ1n) is 3.68. The smallest absolute Gasteiger partial charge is 0.264 e. The Balaban J connectivity index is 3.25. The number of rotatable bonds is 2. The van der Waals surface area contributed by atoms with Crippen LogP contribution in [0, 0.1) is 10.1 Å². The summed E-state index contributed by atoms with van der Waals surface area (Å²) < 4.78 is 16.5. The summed E-state index contributed by atoms with van der Waals surface area (Å²) in [6, 6.07) is 0. The van der Waals surface area contributed by atoms with Gasteiger partial charge in [-0.1, -0.05) is 5.16 Å². The average molecular weight is 220 g/mol. The fourth-order valence-corrected chi connectivity index (χ4v) is 3.24. The highest BCUT2D eigenvalue weighted by Gasteiger charge is 2.45. The van der Waals surface area contributed by atoms with Crippen LogP contribution in [-0.4, -0.2) is 28.9 Å². The fraction of sp³-hybridized carbons (Fsp3) is 0.500. The van der Waals surface area contributed by atoms with Crippen molar-refractivity contribution in [1.82, 2.24) is 0 Å². The summed E-state index contributed by atoms with van der Waals surface area (Å²) in [5, 5.41) is 21.9. The van der Waals surface area contributed by atoms with Crippen molar-refractivity contribution >= 4 is 12.8 Å². The molecule has 1 heterocycles. The fourth-order valence-electron chi connectivity index (χ4n) is 1.26. The molecule has 1 atom stereocenters. The lowest BCUT2D eigenvalue weighted by molar-refractivity contribution is -0.424. The molecule has 1 N–H and O–H groups in total. The summed E-state index contributed by atoms with van der Waals surface area (Å²) in [7, 11) is -2.17. The van der Waals surface area contributed by atoms with Crippen LogP contribution in [0.2, 0.25) is 0 Å². The minimum absolute atomic E-state index is 0.114. The van der Waals surface area contributed by atoms with E-state index in [1.165, 1.54) is 14.0 Å². The molecule has 0 unspecified atom stereocenters. The highest BCUT2D eigenvalue weighted by molar-refractivity contribution is 7.78. The lowest BCUT2D eigenvalue weighted by atomic mass is 10.3.